The fourth-order valence-corrected chi connectivity index (χ4v) is 4.53. The number of fused-ring (bicyclic) bond motifs is 1. The normalized spacial score (nSPS) is 22.9. The van der Waals surface area contributed by atoms with Crippen LogP contribution in [0.2, 0.25) is 0 Å². The molecular formula is C23H29N7O4. The highest BCUT2D eigenvalue weighted by Crippen LogP contribution is 2.32. The van der Waals surface area contributed by atoms with E-state index in [1.54, 1.807) is 36.9 Å². The summed E-state index contributed by atoms with van der Waals surface area (Å²) >= 11 is 0. The van der Waals surface area contributed by atoms with Crippen LogP contribution in [0.15, 0.2) is 35.4 Å². The van der Waals surface area contributed by atoms with Gasteiger partial charge in [-0.1, -0.05) is 0 Å². The van der Waals surface area contributed by atoms with Crippen LogP contribution in [0.25, 0.3) is 5.65 Å². The number of carbonyl (C=O) groups excluding carboxylic acids is 1. The predicted octanol–water partition coefficient (Wildman–Crippen LogP) is 1.67. The monoisotopic (exact) mass is 467 g/mol. The van der Waals surface area contributed by atoms with Crippen LogP contribution in [0, 0.1) is 0 Å². The fraction of sp³-hybridized carbons (Fsp3) is 0.478. The molecule has 5 rings (SSSR count). The van der Waals surface area contributed by atoms with Gasteiger partial charge in [0.2, 0.25) is 0 Å². The average Bonchev–Trinajstić information content (AvgIpc) is 3.27. The van der Waals surface area contributed by atoms with Crippen LogP contribution < -0.4 is 21.5 Å². The van der Waals surface area contributed by atoms with E-state index >= 15 is 0 Å². The van der Waals surface area contributed by atoms with Gasteiger partial charge in [0, 0.05) is 38.6 Å². The molecule has 0 radical (unpaired) electrons. The van der Waals surface area contributed by atoms with Crippen LogP contribution in [-0.4, -0.2) is 62.1 Å². The highest BCUT2D eigenvalue weighted by atomic mass is 16.5. The summed E-state index contributed by atoms with van der Waals surface area (Å²) in [6.45, 7) is 2.99. The minimum absolute atomic E-state index is 0.0974. The van der Waals surface area contributed by atoms with E-state index in [2.05, 4.69) is 26.0 Å². The van der Waals surface area contributed by atoms with Crippen LogP contribution in [-0.2, 0) is 4.74 Å². The molecule has 11 heteroatoms. The van der Waals surface area contributed by atoms with Crippen molar-refractivity contribution in [1.29, 1.82) is 0 Å². The number of aromatic nitrogens is 4. The van der Waals surface area contributed by atoms with Gasteiger partial charge in [0.25, 0.3) is 11.5 Å². The molecule has 3 aromatic rings. The Kier molecular flexibility index (Phi) is 5.74. The van der Waals surface area contributed by atoms with E-state index in [1.165, 1.54) is 10.7 Å². The number of hydrogen-bond acceptors (Lipinski definition) is 8. The highest BCUT2D eigenvalue weighted by molar-refractivity contribution is 6.00. The lowest BCUT2D eigenvalue weighted by molar-refractivity contribution is -0.0486. The van der Waals surface area contributed by atoms with E-state index in [9.17, 15) is 14.7 Å². The topological polar surface area (TPSA) is 135 Å². The molecule has 3 aromatic heterocycles. The number of hydrogen-bond donors (Lipinski definition) is 4. The Hall–Kier alpha value is -3.44. The molecule has 1 amide bonds. The van der Waals surface area contributed by atoms with Crippen molar-refractivity contribution < 1.29 is 14.6 Å². The minimum atomic E-state index is -0.910. The number of rotatable bonds is 6. The fourth-order valence-electron chi connectivity index (χ4n) is 4.53. The second-order valence-corrected chi connectivity index (χ2v) is 9.10. The lowest BCUT2D eigenvalue weighted by atomic mass is 9.76. The Labute approximate surface area is 196 Å². The van der Waals surface area contributed by atoms with Crippen molar-refractivity contribution in [2.75, 3.05) is 30.9 Å². The van der Waals surface area contributed by atoms with Crippen LogP contribution >= 0.6 is 0 Å². The summed E-state index contributed by atoms with van der Waals surface area (Å²) in [5, 5.41) is 23.6. The minimum Gasteiger partial charge on any atom is -0.388 e. The van der Waals surface area contributed by atoms with E-state index in [1.807, 2.05) is 6.07 Å². The molecule has 2 aliphatic rings. The summed E-state index contributed by atoms with van der Waals surface area (Å²) in [4.78, 5) is 30.7. The van der Waals surface area contributed by atoms with Crippen molar-refractivity contribution in [1.82, 2.24) is 24.5 Å². The van der Waals surface area contributed by atoms with Crippen LogP contribution in [0.1, 0.15) is 49.0 Å². The van der Waals surface area contributed by atoms with Crippen LogP contribution in [0.5, 0.6) is 0 Å². The molecule has 0 unspecified atom stereocenters. The Balaban J connectivity index is 1.46. The summed E-state index contributed by atoms with van der Waals surface area (Å²) in [6.07, 6.45) is 6.20. The quantitative estimate of drug-likeness (QED) is 0.430. The third-order valence-electron chi connectivity index (χ3n) is 6.79. The van der Waals surface area contributed by atoms with Crippen molar-refractivity contribution in [3.05, 3.63) is 46.5 Å². The Morgan fingerprint density at radius 1 is 1.29 bits per heavy atom. The third kappa shape index (κ3) is 4.01. The Bertz CT molecular complexity index is 1280. The molecule has 1 aliphatic carbocycles. The van der Waals surface area contributed by atoms with Gasteiger partial charge in [-0.25, -0.2) is 4.98 Å². The zero-order valence-electron chi connectivity index (χ0n) is 19.2. The molecule has 34 heavy (non-hydrogen) atoms. The van der Waals surface area contributed by atoms with Crippen molar-refractivity contribution in [3.63, 3.8) is 0 Å². The van der Waals surface area contributed by atoms with Gasteiger partial charge in [0.1, 0.15) is 22.9 Å². The summed E-state index contributed by atoms with van der Waals surface area (Å²) in [7, 11) is 1.74. The molecular weight excluding hydrogens is 438 g/mol. The molecule has 1 aliphatic heterocycles. The van der Waals surface area contributed by atoms with Gasteiger partial charge in [0.05, 0.1) is 17.8 Å². The van der Waals surface area contributed by atoms with Crippen molar-refractivity contribution in [3.8, 4) is 0 Å². The summed E-state index contributed by atoms with van der Waals surface area (Å²) in [5.74, 6) is 0.653. The number of amides is 1. The maximum Gasteiger partial charge on any atom is 0.274 e. The number of carbonyl (C=O) groups is 1. The second-order valence-electron chi connectivity index (χ2n) is 9.10. The van der Waals surface area contributed by atoms with Gasteiger partial charge in [-0.2, -0.15) is 9.61 Å². The largest absolute Gasteiger partial charge is 0.388 e. The number of aliphatic hydroxyl groups is 1. The number of ether oxygens (including phenoxy) is 1. The first kappa shape index (κ1) is 22.4. The molecule has 11 nitrogen and oxygen atoms in total. The van der Waals surface area contributed by atoms with Crippen LogP contribution in [0.4, 0.5) is 17.3 Å². The average molecular weight is 468 g/mol. The summed E-state index contributed by atoms with van der Waals surface area (Å²) in [5.41, 5.74) is -0.0289. The molecule has 4 heterocycles. The van der Waals surface area contributed by atoms with E-state index in [4.69, 9.17) is 4.74 Å². The van der Waals surface area contributed by atoms with Crippen molar-refractivity contribution in [2.24, 2.45) is 0 Å². The molecule has 0 spiro atoms. The molecule has 1 saturated heterocycles. The lowest BCUT2D eigenvalue weighted by Crippen LogP contribution is -2.58. The predicted molar refractivity (Wildman–Crippen MR) is 127 cm³/mol. The zero-order valence-corrected chi connectivity index (χ0v) is 19.2. The Morgan fingerprint density at radius 3 is 2.76 bits per heavy atom. The van der Waals surface area contributed by atoms with Gasteiger partial charge >= 0.3 is 0 Å². The standard InChI is InChI=1S/C23H29N7O4/c1-23(33)8-5-17(23)27-21(31)15-13-25-30-19(24-2)12-18(28-20(15)30)26-16-4-3-9-29(22(16)32)14-6-10-34-11-7-14/h3-4,9,12-14,17,24,33H,5-8,10-11H2,1-2H3,(H,26,28)(H,27,31)/t17-,23-/m0/s1. The first-order valence-electron chi connectivity index (χ1n) is 11.5. The van der Waals surface area contributed by atoms with E-state index in [0.29, 0.717) is 49.0 Å². The van der Waals surface area contributed by atoms with Gasteiger partial charge in [-0.05, 0) is 44.7 Å². The molecule has 180 valence electrons. The van der Waals surface area contributed by atoms with Crippen LogP contribution in [0.3, 0.4) is 0 Å². The molecule has 0 aromatic carbocycles. The maximum absolute atomic E-state index is 13.1. The first-order valence-corrected chi connectivity index (χ1v) is 11.5. The molecule has 1 saturated carbocycles. The van der Waals surface area contributed by atoms with E-state index < -0.39 is 5.60 Å². The van der Waals surface area contributed by atoms with Gasteiger partial charge in [0.15, 0.2) is 5.65 Å². The zero-order chi connectivity index (χ0) is 23.9. The molecule has 2 atom stereocenters. The summed E-state index contributed by atoms with van der Waals surface area (Å²) < 4.78 is 8.69. The lowest BCUT2D eigenvalue weighted by Gasteiger charge is -2.42. The van der Waals surface area contributed by atoms with Gasteiger partial charge in [-0.3, -0.25) is 9.59 Å². The summed E-state index contributed by atoms with van der Waals surface area (Å²) in [6, 6.07) is 5.06. The van der Waals surface area contributed by atoms with E-state index in [-0.39, 0.29) is 29.1 Å². The maximum atomic E-state index is 13.1. The van der Waals surface area contributed by atoms with Gasteiger partial charge < -0.3 is 30.4 Å². The Morgan fingerprint density at radius 2 is 2.09 bits per heavy atom. The first-order chi connectivity index (χ1) is 16.4. The number of nitrogens with one attached hydrogen (secondary N) is 3. The second kappa shape index (κ2) is 8.73. The number of nitrogens with zero attached hydrogens (tertiary/aromatic N) is 4. The van der Waals surface area contributed by atoms with Crippen molar-refractivity contribution in [2.45, 2.75) is 50.3 Å². The SMILES string of the molecule is CNc1cc(Nc2cccn(C3CCOCC3)c2=O)nc2c(C(=O)N[C@H]3CC[C@]3(C)O)cnn12. The van der Waals surface area contributed by atoms with Crippen molar-refractivity contribution >= 4 is 28.9 Å². The highest BCUT2D eigenvalue weighted by Gasteiger charge is 2.42. The molecule has 4 N–H and O–H groups in total. The molecule has 2 fully saturated rings. The smallest absolute Gasteiger partial charge is 0.274 e. The number of pyridine rings is 1. The molecule has 0 bridgehead atoms. The number of anilines is 3. The van der Waals surface area contributed by atoms with E-state index in [0.717, 1.165) is 12.8 Å². The third-order valence-corrected chi connectivity index (χ3v) is 6.79. The van der Waals surface area contributed by atoms with Gasteiger partial charge in [-0.15, -0.1) is 0 Å².